The molecule has 3 N–H and O–H groups in total. The number of fused-ring (bicyclic) bond motifs is 3. The molecule has 2 aromatic heterocycles. The molecule has 128 valence electrons. The average molecular weight is 364 g/mol. The van der Waals surface area contributed by atoms with Crippen LogP contribution in [0.3, 0.4) is 0 Å². The van der Waals surface area contributed by atoms with Gasteiger partial charge < -0.3 is 15.5 Å². The molecule has 0 atom stereocenters. The van der Waals surface area contributed by atoms with Gasteiger partial charge in [0.05, 0.1) is 10.4 Å². The minimum absolute atomic E-state index is 0.194. The fourth-order valence-electron chi connectivity index (χ4n) is 3.53. The van der Waals surface area contributed by atoms with Gasteiger partial charge in [-0.05, 0) is 41.0 Å². The highest BCUT2D eigenvalue weighted by molar-refractivity contribution is 6.35. The van der Waals surface area contributed by atoms with Crippen LogP contribution >= 0.6 is 11.6 Å². The number of nitrogens with one attached hydrogen (secondary N) is 1. The van der Waals surface area contributed by atoms with Crippen molar-refractivity contribution in [1.82, 2.24) is 10.3 Å². The maximum Gasteiger partial charge on any atom is 0.220 e. The molecular formula is C20H14ClN3O2. The molecule has 0 bridgehead atoms. The number of hydrogen-bond acceptors (Lipinski definition) is 5. The first-order chi connectivity index (χ1) is 12.6. The van der Waals surface area contributed by atoms with E-state index < -0.39 is 0 Å². The van der Waals surface area contributed by atoms with Crippen LogP contribution in [0.2, 0.25) is 5.02 Å². The predicted octanol–water partition coefficient (Wildman–Crippen LogP) is 3.85. The zero-order valence-electron chi connectivity index (χ0n) is 13.7. The summed E-state index contributed by atoms with van der Waals surface area (Å²) in [5.74, 6) is 0.268. The molecule has 0 saturated heterocycles. The van der Waals surface area contributed by atoms with Crippen molar-refractivity contribution in [2.45, 2.75) is 13.1 Å². The van der Waals surface area contributed by atoms with Gasteiger partial charge in [0.1, 0.15) is 11.4 Å². The van der Waals surface area contributed by atoms with Gasteiger partial charge in [0, 0.05) is 18.7 Å². The largest absolute Gasteiger partial charge is 0.453 e. The van der Waals surface area contributed by atoms with Crippen molar-refractivity contribution in [3.63, 3.8) is 0 Å². The number of rotatable bonds is 1. The zero-order chi connectivity index (χ0) is 17.8. The SMILES string of the molecule is Nc1cc(-c2ccc3c(c2)CNC3)c2oc3cccc(Cl)c3c(=O)c2n1. The lowest BCUT2D eigenvalue weighted by Crippen LogP contribution is -2.07. The third-order valence-corrected chi connectivity index (χ3v) is 5.09. The molecule has 0 aliphatic carbocycles. The van der Waals surface area contributed by atoms with Crippen LogP contribution in [0.1, 0.15) is 11.1 Å². The van der Waals surface area contributed by atoms with Gasteiger partial charge in [-0.25, -0.2) is 4.98 Å². The molecule has 1 aliphatic rings. The first-order valence-corrected chi connectivity index (χ1v) is 8.64. The Hall–Kier alpha value is -2.89. The number of nitrogens with two attached hydrogens (primary N) is 1. The highest BCUT2D eigenvalue weighted by atomic mass is 35.5. The predicted molar refractivity (Wildman–Crippen MR) is 103 cm³/mol. The van der Waals surface area contributed by atoms with Crippen LogP contribution in [0.25, 0.3) is 33.2 Å². The van der Waals surface area contributed by atoms with E-state index in [9.17, 15) is 4.79 Å². The van der Waals surface area contributed by atoms with Gasteiger partial charge in [0.15, 0.2) is 11.1 Å². The number of nitrogens with zero attached hydrogens (tertiary/aromatic N) is 1. The smallest absolute Gasteiger partial charge is 0.220 e. The maximum atomic E-state index is 13.0. The minimum Gasteiger partial charge on any atom is -0.453 e. The van der Waals surface area contributed by atoms with Crippen LogP contribution in [-0.4, -0.2) is 4.98 Å². The van der Waals surface area contributed by atoms with E-state index in [4.69, 9.17) is 21.8 Å². The Balaban J connectivity index is 1.89. The van der Waals surface area contributed by atoms with Gasteiger partial charge in [-0.3, -0.25) is 4.79 Å². The van der Waals surface area contributed by atoms with Crippen LogP contribution in [0.5, 0.6) is 0 Å². The molecule has 3 heterocycles. The Morgan fingerprint density at radius 3 is 2.85 bits per heavy atom. The van der Waals surface area contributed by atoms with Gasteiger partial charge in [-0.15, -0.1) is 0 Å². The van der Waals surface area contributed by atoms with Crippen LogP contribution < -0.4 is 16.5 Å². The Kier molecular flexibility index (Phi) is 3.29. The average Bonchev–Trinajstić information content (AvgIpc) is 3.09. The van der Waals surface area contributed by atoms with Crippen molar-refractivity contribution < 1.29 is 4.42 Å². The molecule has 0 amide bonds. The van der Waals surface area contributed by atoms with Gasteiger partial charge >= 0.3 is 0 Å². The summed E-state index contributed by atoms with van der Waals surface area (Å²) in [7, 11) is 0. The molecule has 5 nitrogen and oxygen atoms in total. The van der Waals surface area contributed by atoms with Gasteiger partial charge in [0.2, 0.25) is 5.43 Å². The molecule has 26 heavy (non-hydrogen) atoms. The van der Waals surface area contributed by atoms with Crippen molar-refractivity contribution in [2.24, 2.45) is 0 Å². The lowest BCUT2D eigenvalue weighted by atomic mass is 10.00. The van der Waals surface area contributed by atoms with Gasteiger partial charge in [0.25, 0.3) is 0 Å². The molecule has 4 aromatic rings. The highest BCUT2D eigenvalue weighted by Crippen LogP contribution is 2.33. The van der Waals surface area contributed by atoms with Gasteiger partial charge in [-0.1, -0.05) is 29.8 Å². The van der Waals surface area contributed by atoms with Crippen molar-refractivity contribution in [1.29, 1.82) is 0 Å². The van der Waals surface area contributed by atoms with Crippen LogP contribution in [0, 0.1) is 0 Å². The second kappa shape index (κ2) is 5.56. The monoisotopic (exact) mass is 363 g/mol. The molecular weight excluding hydrogens is 350 g/mol. The van der Waals surface area contributed by atoms with Crippen LogP contribution in [-0.2, 0) is 13.1 Å². The highest BCUT2D eigenvalue weighted by Gasteiger charge is 2.18. The Morgan fingerprint density at radius 2 is 1.96 bits per heavy atom. The summed E-state index contributed by atoms with van der Waals surface area (Å²) in [6.07, 6.45) is 0. The molecule has 0 radical (unpaired) electrons. The lowest BCUT2D eigenvalue weighted by molar-refractivity contribution is 0.659. The Morgan fingerprint density at radius 1 is 1.12 bits per heavy atom. The minimum atomic E-state index is -0.275. The topological polar surface area (TPSA) is 81.1 Å². The van der Waals surface area contributed by atoms with Gasteiger partial charge in [-0.2, -0.15) is 0 Å². The molecule has 2 aromatic carbocycles. The summed E-state index contributed by atoms with van der Waals surface area (Å²) in [5, 5.41) is 3.99. The third-order valence-electron chi connectivity index (χ3n) is 4.77. The first-order valence-electron chi connectivity index (χ1n) is 8.26. The quantitative estimate of drug-likeness (QED) is 0.502. The van der Waals surface area contributed by atoms with E-state index in [1.165, 1.54) is 11.1 Å². The number of hydrogen-bond donors (Lipinski definition) is 2. The molecule has 1 aliphatic heterocycles. The van der Waals surface area contributed by atoms with E-state index >= 15 is 0 Å². The van der Waals surface area contributed by atoms with E-state index in [1.807, 2.05) is 6.07 Å². The molecule has 0 saturated carbocycles. The first kappa shape index (κ1) is 15.4. The second-order valence-corrected chi connectivity index (χ2v) is 6.81. The van der Waals surface area contributed by atoms with E-state index in [2.05, 4.69) is 22.4 Å². The summed E-state index contributed by atoms with van der Waals surface area (Å²) in [5.41, 5.74) is 11.0. The normalized spacial score (nSPS) is 13.4. The van der Waals surface area contributed by atoms with E-state index in [1.54, 1.807) is 24.3 Å². The second-order valence-electron chi connectivity index (χ2n) is 6.40. The lowest BCUT2D eigenvalue weighted by Gasteiger charge is -2.10. The number of anilines is 1. The standard InChI is InChI=1S/C20H14ClN3O2/c21-14-2-1-3-15-17(14)19(25)18-20(26-15)13(7-16(22)24-18)10-4-5-11-8-23-9-12(11)6-10/h1-7,23H,8-9H2,(H2,22,24). The molecule has 6 heteroatoms. The summed E-state index contributed by atoms with van der Waals surface area (Å²) in [6.45, 7) is 1.69. The number of benzene rings is 2. The van der Waals surface area contributed by atoms with Crippen molar-refractivity contribution in [3.8, 4) is 11.1 Å². The Labute approximate surface area is 153 Å². The Bertz CT molecular complexity index is 1260. The molecule has 0 fully saturated rings. The fourth-order valence-corrected chi connectivity index (χ4v) is 3.78. The fraction of sp³-hybridized carbons (Fsp3) is 0.100. The maximum absolute atomic E-state index is 13.0. The van der Waals surface area contributed by atoms with E-state index in [0.29, 0.717) is 21.6 Å². The molecule has 0 spiro atoms. The number of halogens is 1. The van der Waals surface area contributed by atoms with Crippen LogP contribution in [0.4, 0.5) is 5.82 Å². The van der Waals surface area contributed by atoms with Crippen molar-refractivity contribution in [2.75, 3.05) is 5.73 Å². The zero-order valence-corrected chi connectivity index (χ0v) is 14.4. The number of aromatic nitrogens is 1. The molecule has 5 rings (SSSR count). The summed E-state index contributed by atoms with van der Waals surface area (Å²) in [6, 6.07) is 13.1. The van der Waals surface area contributed by atoms with Crippen LogP contribution in [0.15, 0.2) is 51.7 Å². The summed E-state index contributed by atoms with van der Waals surface area (Å²) in [4.78, 5) is 17.2. The molecule has 0 unspecified atom stereocenters. The van der Waals surface area contributed by atoms with E-state index in [0.717, 1.165) is 24.2 Å². The summed E-state index contributed by atoms with van der Waals surface area (Å²) >= 11 is 6.20. The number of pyridine rings is 1. The number of nitrogen functional groups attached to an aromatic ring is 1. The van der Waals surface area contributed by atoms with Crippen molar-refractivity contribution >= 4 is 39.5 Å². The van der Waals surface area contributed by atoms with Crippen molar-refractivity contribution in [3.05, 3.63) is 68.8 Å². The van der Waals surface area contributed by atoms with E-state index in [-0.39, 0.29) is 16.8 Å². The third kappa shape index (κ3) is 2.21. The summed E-state index contributed by atoms with van der Waals surface area (Å²) < 4.78 is 6.05.